The number of rotatable bonds is 4. The molecule has 0 spiro atoms. The van der Waals surface area contributed by atoms with Gasteiger partial charge in [0.05, 0.1) is 0 Å². The molecule has 2 aromatic carbocycles. The van der Waals surface area contributed by atoms with Crippen molar-refractivity contribution in [3.8, 4) is 0 Å². The smallest absolute Gasteiger partial charge is 0.227 e. The molecule has 35 heavy (non-hydrogen) atoms. The van der Waals surface area contributed by atoms with Gasteiger partial charge in [0.25, 0.3) is 0 Å². The highest BCUT2D eigenvalue weighted by atomic mass is 16.3. The maximum Gasteiger partial charge on any atom is 0.227 e. The lowest BCUT2D eigenvalue weighted by molar-refractivity contribution is 0.525. The molecule has 2 heterocycles. The predicted molar refractivity (Wildman–Crippen MR) is 149 cm³/mol. The molecule has 0 saturated heterocycles. The van der Waals surface area contributed by atoms with Crippen molar-refractivity contribution in [1.29, 1.82) is 0 Å². The zero-order valence-electron chi connectivity index (χ0n) is 22.9. The van der Waals surface area contributed by atoms with E-state index in [-0.39, 0.29) is 10.8 Å². The van der Waals surface area contributed by atoms with Crippen molar-refractivity contribution >= 4 is 33.7 Å². The van der Waals surface area contributed by atoms with Gasteiger partial charge >= 0.3 is 0 Å². The summed E-state index contributed by atoms with van der Waals surface area (Å²) in [5.74, 6) is 0.505. The van der Waals surface area contributed by atoms with Crippen LogP contribution in [0.2, 0.25) is 0 Å². The minimum atomic E-state index is 0.122. The van der Waals surface area contributed by atoms with Gasteiger partial charge in [-0.05, 0) is 101 Å². The Morgan fingerprint density at radius 2 is 1.77 bits per heavy atom. The average molecular weight is 466 g/mol. The SMILES string of the molecule is CC/C=c1/cc(C(C)C)cc/c1=C(/C)c1c(C2(C)CC2(C)C)c(C)cc2c1oc1nc(C)ccc12. The van der Waals surface area contributed by atoms with Crippen LogP contribution < -0.4 is 10.4 Å². The van der Waals surface area contributed by atoms with E-state index in [1.54, 1.807) is 0 Å². The average Bonchev–Trinajstić information content (AvgIpc) is 3.12. The second-order valence-electron chi connectivity index (χ2n) is 11.9. The summed E-state index contributed by atoms with van der Waals surface area (Å²) in [6, 6.07) is 13.6. The van der Waals surface area contributed by atoms with Gasteiger partial charge in [-0.2, -0.15) is 0 Å². The Hall–Kier alpha value is -2.87. The quantitative estimate of drug-likeness (QED) is 0.307. The fourth-order valence-corrected chi connectivity index (χ4v) is 6.16. The van der Waals surface area contributed by atoms with Crippen molar-refractivity contribution in [2.45, 2.75) is 86.5 Å². The second-order valence-corrected chi connectivity index (χ2v) is 11.9. The largest absolute Gasteiger partial charge is 0.437 e. The molecule has 1 aliphatic rings. The first-order valence-electron chi connectivity index (χ1n) is 13.1. The summed E-state index contributed by atoms with van der Waals surface area (Å²) in [6.45, 7) is 20.6. The fourth-order valence-electron chi connectivity index (χ4n) is 6.16. The van der Waals surface area contributed by atoms with Crippen LogP contribution in [-0.2, 0) is 5.41 Å². The Kier molecular flexibility index (Phi) is 5.51. The van der Waals surface area contributed by atoms with Gasteiger partial charge in [0, 0.05) is 22.0 Å². The van der Waals surface area contributed by atoms with E-state index < -0.39 is 0 Å². The number of hydrogen-bond donors (Lipinski definition) is 0. The molecule has 2 aromatic heterocycles. The third-order valence-electron chi connectivity index (χ3n) is 8.63. The molecule has 1 unspecified atom stereocenters. The number of aromatic nitrogens is 1. The van der Waals surface area contributed by atoms with Crippen LogP contribution in [-0.4, -0.2) is 4.98 Å². The van der Waals surface area contributed by atoms with Crippen molar-refractivity contribution in [3.63, 3.8) is 0 Å². The molecule has 0 amide bonds. The van der Waals surface area contributed by atoms with Crippen LogP contribution in [0.15, 0.2) is 40.8 Å². The minimum absolute atomic E-state index is 0.122. The molecule has 0 aliphatic heterocycles. The molecule has 5 rings (SSSR count). The molecule has 1 atom stereocenters. The summed E-state index contributed by atoms with van der Waals surface area (Å²) < 4.78 is 6.61. The topological polar surface area (TPSA) is 26.0 Å². The highest BCUT2D eigenvalue weighted by Crippen LogP contribution is 2.66. The zero-order chi connectivity index (χ0) is 25.3. The Morgan fingerprint density at radius 3 is 2.40 bits per heavy atom. The first-order valence-corrected chi connectivity index (χ1v) is 13.1. The van der Waals surface area contributed by atoms with E-state index in [2.05, 4.69) is 97.9 Å². The first-order chi connectivity index (χ1) is 16.5. The molecule has 1 saturated carbocycles. The van der Waals surface area contributed by atoms with Crippen molar-refractivity contribution in [1.82, 2.24) is 4.98 Å². The third-order valence-corrected chi connectivity index (χ3v) is 8.63. The van der Waals surface area contributed by atoms with E-state index in [4.69, 9.17) is 9.40 Å². The van der Waals surface area contributed by atoms with E-state index in [9.17, 15) is 0 Å². The van der Waals surface area contributed by atoms with E-state index >= 15 is 0 Å². The molecular formula is C33H39NO. The van der Waals surface area contributed by atoms with Crippen LogP contribution >= 0.6 is 0 Å². The van der Waals surface area contributed by atoms with Gasteiger partial charge in [-0.25, -0.2) is 4.98 Å². The third kappa shape index (κ3) is 3.64. The number of pyridine rings is 1. The Balaban J connectivity index is 1.97. The Labute approximate surface area is 209 Å². The van der Waals surface area contributed by atoms with Crippen molar-refractivity contribution in [3.05, 3.63) is 74.8 Å². The summed E-state index contributed by atoms with van der Waals surface area (Å²) in [5.41, 5.74) is 9.83. The number of furan rings is 1. The lowest BCUT2D eigenvalue weighted by Gasteiger charge is -2.23. The molecule has 182 valence electrons. The summed E-state index contributed by atoms with van der Waals surface area (Å²) in [5, 5.41) is 4.90. The predicted octanol–water partition coefficient (Wildman–Crippen LogP) is 7.82. The molecule has 0 radical (unpaired) electrons. The van der Waals surface area contributed by atoms with Crippen LogP contribution in [0.5, 0.6) is 0 Å². The second kappa shape index (κ2) is 8.08. The normalized spacial score (nSPS) is 20.8. The van der Waals surface area contributed by atoms with Crippen LogP contribution in [0.25, 0.3) is 33.7 Å². The van der Waals surface area contributed by atoms with E-state index in [0.717, 1.165) is 28.8 Å². The number of fused-ring (bicyclic) bond motifs is 3. The molecule has 2 nitrogen and oxygen atoms in total. The van der Waals surface area contributed by atoms with Crippen LogP contribution in [0.1, 0.15) is 95.2 Å². The fraction of sp³-hybridized carbons (Fsp3) is 0.424. The van der Waals surface area contributed by atoms with Gasteiger partial charge in [-0.1, -0.05) is 65.8 Å². The highest BCUT2D eigenvalue weighted by molar-refractivity contribution is 6.08. The molecule has 1 aliphatic carbocycles. The van der Waals surface area contributed by atoms with Crippen LogP contribution in [0, 0.1) is 19.3 Å². The maximum atomic E-state index is 6.61. The lowest BCUT2D eigenvalue weighted by Crippen LogP contribution is -2.28. The summed E-state index contributed by atoms with van der Waals surface area (Å²) in [7, 11) is 0. The molecule has 4 aromatic rings. The van der Waals surface area contributed by atoms with Gasteiger partial charge in [0.2, 0.25) is 5.71 Å². The molecule has 2 heteroatoms. The van der Waals surface area contributed by atoms with Crippen molar-refractivity contribution in [2.24, 2.45) is 5.41 Å². The standard InChI is InChI=1S/C33H39NO/c1-10-11-24-17-23(19(2)3)13-15-25(24)22(6)28-29(33(9)18-32(33,7)8)20(4)16-27-26-14-12-21(5)34-31(26)35-30(27)28/h11-17,19H,10,18H2,1-9H3/b24-11-,25-22+. The summed E-state index contributed by atoms with van der Waals surface area (Å²) in [4.78, 5) is 4.75. The van der Waals surface area contributed by atoms with Gasteiger partial charge in [0.15, 0.2) is 0 Å². The first kappa shape index (κ1) is 23.9. The Morgan fingerprint density at radius 1 is 1.06 bits per heavy atom. The van der Waals surface area contributed by atoms with Crippen LogP contribution in [0.4, 0.5) is 0 Å². The number of hydrogen-bond acceptors (Lipinski definition) is 2. The molecular weight excluding hydrogens is 426 g/mol. The number of aryl methyl sites for hydroxylation is 2. The van der Waals surface area contributed by atoms with Crippen LogP contribution in [0.3, 0.4) is 0 Å². The van der Waals surface area contributed by atoms with Gasteiger partial charge < -0.3 is 4.42 Å². The van der Waals surface area contributed by atoms with Crippen molar-refractivity contribution < 1.29 is 4.42 Å². The van der Waals surface area contributed by atoms with E-state index in [0.29, 0.717) is 5.92 Å². The molecule has 0 bridgehead atoms. The maximum absolute atomic E-state index is 6.61. The van der Waals surface area contributed by atoms with Crippen molar-refractivity contribution in [2.75, 3.05) is 0 Å². The van der Waals surface area contributed by atoms with E-state index in [1.807, 2.05) is 6.92 Å². The summed E-state index contributed by atoms with van der Waals surface area (Å²) in [6.07, 6.45) is 4.56. The van der Waals surface area contributed by atoms with Gasteiger partial charge in [-0.3, -0.25) is 0 Å². The monoisotopic (exact) mass is 465 g/mol. The lowest BCUT2D eigenvalue weighted by atomic mass is 9.80. The molecule has 1 fully saturated rings. The van der Waals surface area contributed by atoms with Gasteiger partial charge in [0.1, 0.15) is 5.58 Å². The van der Waals surface area contributed by atoms with Gasteiger partial charge in [-0.15, -0.1) is 0 Å². The number of nitrogens with zero attached hydrogens (tertiary/aromatic N) is 1. The minimum Gasteiger partial charge on any atom is -0.437 e. The zero-order valence-corrected chi connectivity index (χ0v) is 22.9. The summed E-state index contributed by atoms with van der Waals surface area (Å²) >= 11 is 0. The Bertz CT molecular complexity index is 1600. The highest BCUT2D eigenvalue weighted by Gasteiger charge is 2.59. The number of benzene rings is 2. The molecule has 0 N–H and O–H groups in total. The van der Waals surface area contributed by atoms with E-state index in [1.165, 1.54) is 50.1 Å².